The third kappa shape index (κ3) is 5.81. The van der Waals surface area contributed by atoms with Gasteiger partial charge in [0.05, 0.1) is 11.4 Å². The molecule has 0 amide bonds. The highest BCUT2D eigenvalue weighted by molar-refractivity contribution is 6.09. The fourth-order valence-electron chi connectivity index (χ4n) is 2.63. The maximum Gasteiger partial charge on any atom is 0.250 e. The highest BCUT2D eigenvalue weighted by Crippen LogP contribution is 2.17. The molecule has 0 aliphatic carbocycles. The van der Waals surface area contributed by atoms with Gasteiger partial charge in [0, 0.05) is 36.1 Å². The Hall–Kier alpha value is -2.89. The van der Waals surface area contributed by atoms with Crippen molar-refractivity contribution >= 4 is 17.2 Å². The molecule has 0 saturated heterocycles. The molecule has 2 heterocycles. The summed E-state index contributed by atoms with van der Waals surface area (Å²) in [6.07, 6.45) is 6.15. The Balaban J connectivity index is 2.25. The quantitative estimate of drug-likeness (QED) is 0.569. The Kier molecular flexibility index (Phi) is 6.55. The molecule has 2 N–H and O–H groups in total. The summed E-state index contributed by atoms with van der Waals surface area (Å²) in [5, 5.41) is 7.81. The topological polar surface area (TPSA) is 71.3 Å². The van der Waals surface area contributed by atoms with Crippen LogP contribution in [0, 0.1) is 6.92 Å². The number of hydrazone groups is 1. The van der Waals surface area contributed by atoms with Crippen LogP contribution < -0.4 is 16.3 Å². The molecule has 2 aromatic rings. The van der Waals surface area contributed by atoms with E-state index in [1.807, 2.05) is 19.9 Å². The molecule has 0 aromatic carbocycles. The molecule has 0 bridgehead atoms. The lowest BCUT2D eigenvalue weighted by Crippen LogP contribution is -2.26. The van der Waals surface area contributed by atoms with E-state index in [2.05, 4.69) is 48.2 Å². The molecular weight excluding hydrogens is 338 g/mol. The molecule has 0 atom stereocenters. The van der Waals surface area contributed by atoms with Crippen molar-refractivity contribution in [2.24, 2.45) is 5.10 Å². The molecule has 0 spiro atoms. The summed E-state index contributed by atoms with van der Waals surface area (Å²) in [5.41, 5.74) is 6.33. The standard InChI is InChI=1S/C21H29N5O/c1-7-11-26-14-16(9-10-20(26)27)24-25-18(8-2)17-13-22-19(12-15(17)3)23-21(4,5)6/h8-10,12-14,24H,2,7,11H2,1,3-6H3,(H,22,23)/b25-18+. The van der Waals surface area contributed by atoms with E-state index in [0.29, 0.717) is 12.3 Å². The lowest BCUT2D eigenvalue weighted by molar-refractivity contribution is 0.630. The van der Waals surface area contributed by atoms with Crippen molar-refractivity contribution in [2.75, 3.05) is 10.7 Å². The second-order valence-electron chi connectivity index (χ2n) is 7.52. The average Bonchev–Trinajstić information content (AvgIpc) is 2.58. The first-order valence-corrected chi connectivity index (χ1v) is 9.15. The maximum atomic E-state index is 11.8. The van der Waals surface area contributed by atoms with E-state index < -0.39 is 0 Å². The number of hydrogen-bond acceptors (Lipinski definition) is 5. The molecule has 0 aliphatic rings. The Morgan fingerprint density at radius 2 is 2.11 bits per heavy atom. The minimum Gasteiger partial charge on any atom is -0.365 e. The molecule has 0 unspecified atom stereocenters. The van der Waals surface area contributed by atoms with Crippen LogP contribution in [0.15, 0.2) is 53.1 Å². The fraction of sp³-hybridized carbons (Fsp3) is 0.381. The summed E-state index contributed by atoms with van der Waals surface area (Å²) in [6, 6.07) is 5.27. The summed E-state index contributed by atoms with van der Waals surface area (Å²) in [7, 11) is 0. The molecule has 144 valence electrons. The molecule has 0 saturated carbocycles. The van der Waals surface area contributed by atoms with E-state index in [0.717, 1.165) is 29.1 Å². The first kappa shape index (κ1) is 20.4. The fourth-order valence-corrected chi connectivity index (χ4v) is 2.63. The normalized spacial score (nSPS) is 12.0. The second kappa shape index (κ2) is 8.66. The van der Waals surface area contributed by atoms with Gasteiger partial charge in [-0.1, -0.05) is 13.5 Å². The van der Waals surface area contributed by atoms with Gasteiger partial charge in [0.15, 0.2) is 0 Å². The predicted octanol–water partition coefficient (Wildman–Crippen LogP) is 4.17. The Morgan fingerprint density at radius 1 is 1.37 bits per heavy atom. The zero-order valence-corrected chi connectivity index (χ0v) is 16.8. The van der Waals surface area contributed by atoms with E-state index in [1.54, 1.807) is 35.2 Å². The van der Waals surface area contributed by atoms with Gasteiger partial charge in [0.2, 0.25) is 0 Å². The third-order valence-corrected chi connectivity index (χ3v) is 3.84. The van der Waals surface area contributed by atoms with Gasteiger partial charge in [0.1, 0.15) is 5.82 Å². The molecule has 0 fully saturated rings. The molecular formula is C21H29N5O. The number of nitrogens with one attached hydrogen (secondary N) is 2. The summed E-state index contributed by atoms with van der Waals surface area (Å²) in [5.74, 6) is 0.826. The lowest BCUT2D eigenvalue weighted by Gasteiger charge is -2.21. The van der Waals surface area contributed by atoms with Crippen LogP contribution in [0.4, 0.5) is 11.5 Å². The van der Waals surface area contributed by atoms with E-state index in [4.69, 9.17) is 0 Å². The van der Waals surface area contributed by atoms with Crippen molar-refractivity contribution in [3.8, 4) is 0 Å². The van der Waals surface area contributed by atoms with Crippen molar-refractivity contribution < 1.29 is 0 Å². The van der Waals surface area contributed by atoms with Crippen molar-refractivity contribution in [1.29, 1.82) is 0 Å². The van der Waals surface area contributed by atoms with E-state index in [9.17, 15) is 4.79 Å². The van der Waals surface area contributed by atoms with Gasteiger partial charge in [-0.15, -0.1) is 0 Å². The van der Waals surface area contributed by atoms with Gasteiger partial charge in [-0.3, -0.25) is 10.2 Å². The maximum absolute atomic E-state index is 11.8. The predicted molar refractivity (Wildman–Crippen MR) is 114 cm³/mol. The first-order valence-electron chi connectivity index (χ1n) is 9.15. The van der Waals surface area contributed by atoms with Crippen molar-refractivity contribution in [3.05, 3.63) is 64.7 Å². The smallest absolute Gasteiger partial charge is 0.250 e. The van der Waals surface area contributed by atoms with E-state index in [-0.39, 0.29) is 11.1 Å². The van der Waals surface area contributed by atoms with Crippen LogP contribution in [-0.4, -0.2) is 20.8 Å². The number of aryl methyl sites for hydroxylation is 2. The summed E-state index contributed by atoms with van der Waals surface area (Å²) in [4.78, 5) is 16.3. The summed E-state index contributed by atoms with van der Waals surface area (Å²) < 4.78 is 1.67. The Labute approximate surface area is 161 Å². The number of nitrogens with zero attached hydrogens (tertiary/aromatic N) is 3. The largest absolute Gasteiger partial charge is 0.365 e. The van der Waals surface area contributed by atoms with Gasteiger partial charge in [-0.05, 0) is 57.9 Å². The number of allylic oxidation sites excluding steroid dienone is 1. The third-order valence-electron chi connectivity index (χ3n) is 3.84. The molecule has 2 aromatic heterocycles. The van der Waals surface area contributed by atoms with Gasteiger partial charge < -0.3 is 9.88 Å². The van der Waals surface area contributed by atoms with Crippen LogP contribution in [0.1, 0.15) is 45.2 Å². The van der Waals surface area contributed by atoms with Crippen LogP contribution in [0.3, 0.4) is 0 Å². The van der Waals surface area contributed by atoms with Crippen LogP contribution in [0.2, 0.25) is 0 Å². The van der Waals surface area contributed by atoms with Crippen LogP contribution in [0.25, 0.3) is 0 Å². The van der Waals surface area contributed by atoms with Gasteiger partial charge in [-0.2, -0.15) is 5.10 Å². The number of hydrogen-bond donors (Lipinski definition) is 2. The minimum absolute atomic E-state index is 0.0164. The summed E-state index contributed by atoms with van der Waals surface area (Å²) in [6.45, 7) is 14.9. The molecule has 6 heteroatoms. The molecule has 27 heavy (non-hydrogen) atoms. The molecule has 0 radical (unpaired) electrons. The van der Waals surface area contributed by atoms with E-state index in [1.165, 1.54) is 0 Å². The van der Waals surface area contributed by atoms with E-state index >= 15 is 0 Å². The average molecular weight is 367 g/mol. The monoisotopic (exact) mass is 367 g/mol. The van der Waals surface area contributed by atoms with Crippen LogP contribution in [-0.2, 0) is 6.54 Å². The zero-order valence-electron chi connectivity index (χ0n) is 16.8. The van der Waals surface area contributed by atoms with Crippen LogP contribution in [0.5, 0.6) is 0 Å². The number of rotatable bonds is 7. The van der Waals surface area contributed by atoms with Crippen molar-refractivity contribution in [2.45, 2.75) is 53.1 Å². The Bertz CT molecular complexity index is 890. The highest BCUT2D eigenvalue weighted by atomic mass is 16.1. The molecule has 0 aliphatic heterocycles. The Morgan fingerprint density at radius 3 is 2.70 bits per heavy atom. The van der Waals surface area contributed by atoms with Gasteiger partial charge >= 0.3 is 0 Å². The summed E-state index contributed by atoms with van der Waals surface area (Å²) >= 11 is 0. The van der Waals surface area contributed by atoms with Crippen LogP contribution >= 0.6 is 0 Å². The first-order chi connectivity index (χ1) is 12.7. The number of pyridine rings is 2. The number of aromatic nitrogens is 2. The highest BCUT2D eigenvalue weighted by Gasteiger charge is 2.12. The van der Waals surface area contributed by atoms with Crippen molar-refractivity contribution in [3.63, 3.8) is 0 Å². The minimum atomic E-state index is -0.0561. The molecule has 2 rings (SSSR count). The van der Waals surface area contributed by atoms with Crippen molar-refractivity contribution in [1.82, 2.24) is 9.55 Å². The van der Waals surface area contributed by atoms with Gasteiger partial charge in [-0.25, -0.2) is 4.98 Å². The van der Waals surface area contributed by atoms with Gasteiger partial charge in [0.25, 0.3) is 5.56 Å². The SMILES string of the molecule is C=C/C(=N\Nc1ccc(=O)n(CCC)c1)c1cnc(NC(C)(C)C)cc1C. The zero-order chi connectivity index (χ0) is 20.0. The second-order valence-corrected chi connectivity index (χ2v) is 7.52. The lowest BCUT2D eigenvalue weighted by atomic mass is 10.1. The number of anilines is 2. The molecule has 6 nitrogen and oxygen atoms in total.